The zero-order chi connectivity index (χ0) is 13.8. The largest absolute Gasteiger partial charge is 0.316 e. The van der Waals surface area contributed by atoms with Gasteiger partial charge < -0.3 is 5.32 Å². The third-order valence-electron chi connectivity index (χ3n) is 4.03. The summed E-state index contributed by atoms with van der Waals surface area (Å²) in [7, 11) is 2.18. The van der Waals surface area contributed by atoms with E-state index in [1.807, 2.05) is 12.1 Å². The molecule has 1 heterocycles. The molecule has 2 rings (SSSR count). The van der Waals surface area contributed by atoms with Crippen LogP contribution in [0.15, 0.2) is 18.2 Å². The second-order valence-electron chi connectivity index (χ2n) is 5.50. The standard InChI is InChI=1S/C15H22Cl2N2/c1-11(13-5-6-14(16)15(17)8-13)19(2)10-12-4-3-7-18-9-12/h5-6,8,11-12,18H,3-4,7,9-10H2,1-2H3. The van der Waals surface area contributed by atoms with E-state index in [4.69, 9.17) is 23.2 Å². The molecular weight excluding hydrogens is 279 g/mol. The summed E-state index contributed by atoms with van der Waals surface area (Å²) in [4.78, 5) is 2.40. The average Bonchev–Trinajstić information content (AvgIpc) is 2.42. The van der Waals surface area contributed by atoms with Crippen molar-refractivity contribution in [3.63, 3.8) is 0 Å². The maximum Gasteiger partial charge on any atom is 0.0595 e. The van der Waals surface area contributed by atoms with Crippen LogP contribution in [0.1, 0.15) is 31.4 Å². The van der Waals surface area contributed by atoms with Crippen LogP contribution in [-0.2, 0) is 0 Å². The van der Waals surface area contributed by atoms with Gasteiger partial charge in [0, 0.05) is 12.6 Å². The molecule has 1 aromatic rings. The van der Waals surface area contributed by atoms with E-state index in [9.17, 15) is 0 Å². The molecular formula is C15H22Cl2N2. The quantitative estimate of drug-likeness (QED) is 0.904. The van der Waals surface area contributed by atoms with Crippen LogP contribution >= 0.6 is 23.2 Å². The molecule has 0 saturated carbocycles. The Balaban J connectivity index is 1.97. The molecule has 1 N–H and O–H groups in total. The van der Waals surface area contributed by atoms with Crippen LogP contribution in [0.4, 0.5) is 0 Å². The molecule has 0 aliphatic carbocycles. The lowest BCUT2D eigenvalue weighted by Crippen LogP contribution is -2.37. The van der Waals surface area contributed by atoms with Gasteiger partial charge in [-0.25, -0.2) is 0 Å². The zero-order valence-corrected chi connectivity index (χ0v) is 13.1. The van der Waals surface area contributed by atoms with Crippen molar-refractivity contribution in [2.45, 2.75) is 25.8 Å². The summed E-state index contributed by atoms with van der Waals surface area (Å²) in [5.41, 5.74) is 1.22. The van der Waals surface area contributed by atoms with Gasteiger partial charge in [0.05, 0.1) is 10.0 Å². The Bertz CT molecular complexity index is 417. The summed E-state index contributed by atoms with van der Waals surface area (Å²) in [6.45, 7) is 5.64. The van der Waals surface area contributed by atoms with Crippen LogP contribution in [0, 0.1) is 5.92 Å². The summed E-state index contributed by atoms with van der Waals surface area (Å²) in [6, 6.07) is 6.28. The number of piperidine rings is 1. The van der Waals surface area contributed by atoms with E-state index in [1.165, 1.54) is 24.9 Å². The Labute approximate surface area is 126 Å². The maximum absolute atomic E-state index is 6.09. The number of benzene rings is 1. The molecule has 0 bridgehead atoms. The van der Waals surface area contributed by atoms with Gasteiger partial charge in [-0.1, -0.05) is 29.3 Å². The van der Waals surface area contributed by atoms with E-state index in [1.54, 1.807) is 0 Å². The van der Waals surface area contributed by atoms with Crippen molar-refractivity contribution >= 4 is 23.2 Å². The van der Waals surface area contributed by atoms with Gasteiger partial charge in [-0.3, -0.25) is 4.90 Å². The van der Waals surface area contributed by atoms with E-state index in [0.717, 1.165) is 19.0 Å². The second kappa shape index (κ2) is 6.94. The minimum atomic E-state index is 0.358. The lowest BCUT2D eigenvalue weighted by Gasteiger charge is -2.31. The van der Waals surface area contributed by atoms with Crippen LogP contribution in [0.25, 0.3) is 0 Å². The molecule has 2 atom stereocenters. The van der Waals surface area contributed by atoms with Gasteiger partial charge in [0.1, 0.15) is 0 Å². The number of halogens is 2. The highest BCUT2D eigenvalue weighted by atomic mass is 35.5. The fraction of sp³-hybridized carbons (Fsp3) is 0.600. The first kappa shape index (κ1) is 15.1. The third-order valence-corrected chi connectivity index (χ3v) is 4.77. The minimum absolute atomic E-state index is 0.358. The average molecular weight is 301 g/mol. The Morgan fingerprint density at radius 3 is 2.79 bits per heavy atom. The first-order valence-corrected chi connectivity index (χ1v) is 7.69. The third kappa shape index (κ3) is 4.09. The minimum Gasteiger partial charge on any atom is -0.316 e. The first-order valence-electron chi connectivity index (χ1n) is 6.94. The van der Waals surface area contributed by atoms with Crippen LogP contribution in [0.3, 0.4) is 0 Å². The van der Waals surface area contributed by atoms with Crippen LogP contribution in [-0.4, -0.2) is 31.6 Å². The highest BCUT2D eigenvalue weighted by Crippen LogP contribution is 2.28. The van der Waals surface area contributed by atoms with Crippen molar-refractivity contribution < 1.29 is 0 Å². The van der Waals surface area contributed by atoms with Crippen LogP contribution < -0.4 is 5.32 Å². The van der Waals surface area contributed by atoms with E-state index < -0.39 is 0 Å². The first-order chi connectivity index (χ1) is 9.08. The summed E-state index contributed by atoms with van der Waals surface area (Å²) in [5, 5.41) is 4.73. The SMILES string of the molecule is CC(c1ccc(Cl)c(Cl)c1)N(C)CC1CCCNC1. The number of nitrogens with zero attached hydrogens (tertiary/aromatic N) is 1. The number of rotatable bonds is 4. The van der Waals surface area contributed by atoms with Gasteiger partial charge in [-0.05, 0) is 63.5 Å². The topological polar surface area (TPSA) is 15.3 Å². The lowest BCUT2D eigenvalue weighted by molar-refractivity contribution is 0.199. The van der Waals surface area contributed by atoms with Crippen molar-refractivity contribution in [2.75, 3.05) is 26.7 Å². The van der Waals surface area contributed by atoms with Crippen LogP contribution in [0.2, 0.25) is 10.0 Å². The highest BCUT2D eigenvalue weighted by Gasteiger charge is 2.19. The smallest absolute Gasteiger partial charge is 0.0595 e. The Morgan fingerprint density at radius 1 is 1.37 bits per heavy atom. The fourth-order valence-electron chi connectivity index (χ4n) is 2.67. The van der Waals surface area contributed by atoms with E-state index >= 15 is 0 Å². The van der Waals surface area contributed by atoms with Crippen molar-refractivity contribution in [2.24, 2.45) is 5.92 Å². The molecule has 106 valence electrons. The molecule has 0 amide bonds. The summed E-state index contributed by atoms with van der Waals surface area (Å²) < 4.78 is 0. The zero-order valence-electron chi connectivity index (χ0n) is 11.6. The highest BCUT2D eigenvalue weighted by molar-refractivity contribution is 6.42. The van der Waals surface area contributed by atoms with Gasteiger partial charge in [-0.2, -0.15) is 0 Å². The van der Waals surface area contributed by atoms with Crippen molar-refractivity contribution in [3.05, 3.63) is 33.8 Å². The summed E-state index contributed by atoms with van der Waals surface area (Å²) in [5.74, 6) is 0.754. The lowest BCUT2D eigenvalue weighted by atomic mass is 9.98. The van der Waals surface area contributed by atoms with Gasteiger partial charge in [-0.15, -0.1) is 0 Å². The van der Waals surface area contributed by atoms with E-state index in [2.05, 4.69) is 30.3 Å². The molecule has 19 heavy (non-hydrogen) atoms. The molecule has 0 spiro atoms. The molecule has 1 saturated heterocycles. The molecule has 1 aliphatic rings. The fourth-order valence-corrected chi connectivity index (χ4v) is 2.98. The molecule has 4 heteroatoms. The molecule has 0 aromatic heterocycles. The molecule has 1 fully saturated rings. The van der Waals surface area contributed by atoms with Gasteiger partial charge in [0.15, 0.2) is 0 Å². The molecule has 1 aliphatic heterocycles. The maximum atomic E-state index is 6.09. The number of nitrogens with one attached hydrogen (secondary N) is 1. The monoisotopic (exact) mass is 300 g/mol. The number of hydrogen-bond acceptors (Lipinski definition) is 2. The van der Waals surface area contributed by atoms with Crippen molar-refractivity contribution in [1.82, 2.24) is 10.2 Å². The molecule has 2 unspecified atom stereocenters. The second-order valence-corrected chi connectivity index (χ2v) is 6.32. The Morgan fingerprint density at radius 2 is 2.16 bits per heavy atom. The molecule has 1 aromatic carbocycles. The normalized spacial score (nSPS) is 21.6. The Hall–Kier alpha value is -0.280. The Kier molecular flexibility index (Phi) is 5.52. The van der Waals surface area contributed by atoms with E-state index in [0.29, 0.717) is 16.1 Å². The van der Waals surface area contributed by atoms with Crippen LogP contribution in [0.5, 0.6) is 0 Å². The van der Waals surface area contributed by atoms with Crippen molar-refractivity contribution in [3.8, 4) is 0 Å². The van der Waals surface area contributed by atoms with Gasteiger partial charge in [0.25, 0.3) is 0 Å². The van der Waals surface area contributed by atoms with Gasteiger partial charge in [0.2, 0.25) is 0 Å². The molecule has 0 radical (unpaired) electrons. The molecule has 2 nitrogen and oxygen atoms in total. The predicted octanol–water partition coefficient (Wildman–Crippen LogP) is 3.99. The predicted molar refractivity (Wildman–Crippen MR) is 83.1 cm³/mol. The summed E-state index contributed by atoms with van der Waals surface area (Å²) >= 11 is 12.1. The van der Waals surface area contributed by atoms with Crippen molar-refractivity contribution in [1.29, 1.82) is 0 Å². The van der Waals surface area contributed by atoms with Gasteiger partial charge >= 0.3 is 0 Å². The van der Waals surface area contributed by atoms with E-state index in [-0.39, 0.29) is 0 Å². The summed E-state index contributed by atoms with van der Waals surface area (Å²) in [6.07, 6.45) is 2.62. The number of hydrogen-bond donors (Lipinski definition) is 1.